The molecule has 108 valence electrons. The molecule has 1 atom stereocenters. The molecule has 0 aliphatic carbocycles. The summed E-state index contributed by atoms with van der Waals surface area (Å²) in [5.41, 5.74) is 5.80. The molecule has 0 saturated carbocycles. The number of carbonyl (C=O) groups is 2. The van der Waals surface area contributed by atoms with E-state index in [-0.39, 0.29) is 17.7 Å². The van der Waals surface area contributed by atoms with E-state index in [1.165, 1.54) is 6.20 Å². The smallest absolute Gasteiger partial charge is 0.256 e. The van der Waals surface area contributed by atoms with Crippen LogP contribution in [0.25, 0.3) is 10.8 Å². The number of pyridine rings is 1. The number of halogens is 1. The molecule has 1 aliphatic heterocycles. The summed E-state index contributed by atoms with van der Waals surface area (Å²) in [6, 6.07) is 7.38. The maximum atomic E-state index is 12.6. The van der Waals surface area contributed by atoms with E-state index < -0.39 is 0 Å². The molecule has 3 rings (SSSR count). The Morgan fingerprint density at radius 1 is 1.29 bits per heavy atom. The van der Waals surface area contributed by atoms with E-state index in [0.717, 1.165) is 10.8 Å². The summed E-state index contributed by atoms with van der Waals surface area (Å²) in [7, 11) is 0. The largest absolute Gasteiger partial charge is 0.369 e. The zero-order valence-electron chi connectivity index (χ0n) is 11.3. The van der Waals surface area contributed by atoms with Crippen LogP contribution in [0.4, 0.5) is 0 Å². The van der Waals surface area contributed by atoms with Gasteiger partial charge in [0, 0.05) is 24.7 Å². The van der Waals surface area contributed by atoms with Gasteiger partial charge in [-0.1, -0.05) is 35.9 Å². The second kappa shape index (κ2) is 5.33. The van der Waals surface area contributed by atoms with Crippen molar-refractivity contribution in [3.05, 3.63) is 41.2 Å². The minimum absolute atomic E-state index is 0.140. The molecule has 1 aliphatic rings. The summed E-state index contributed by atoms with van der Waals surface area (Å²) >= 11 is 6.06. The molecule has 2 N–H and O–H groups in total. The molecule has 1 fully saturated rings. The van der Waals surface area contributed by atoms with Crippen molar-refractivity contribution < 1.29 is 9.59 Å². The highest BCUT2D eigenvalue weighted by molar-refractivity contribution is 6.34. The molecule has 2 amide bonds. The number of hydrogen-bond donors (Lipinski definition) is 1. The quantitative estimate of drug-likeness (QED) is 0.860. The lowest BCUT2D eigenvalue weighted by atomic mass is 10.1. The molecule has 0 radical (unpaired) electrons. The first kappa shape index (κ1) is 13.8. The van der Waals surface area contributed by atoms with Crippen LogP contribution in [0.1, 0.15) is 16.8 Å². The number of nitrogens with zero attached hydrogens (tertiary/aromatic N) is 2. The van der Waals surface area contributed by atoms with E-state index >= 15 is 0 Å². The van der Waals surface area contributed by atoms with Gasteiger partial charge in [0.1, 0.15) is 5.15 Å². The lowest BCUT2D eigenvalue weighted by Gasteiger charge is -2.17. The first-order valence-corrected chi connectivity index (χ1v) is 7.07. The number of aromatic nitrogens is 1. The van der Waals surface area contributed by atoms with Crippen molar-refractivity contribution in [2.24, 2.45) is 11.7 Å². The van der Waals surface area contributed by atoms with E-state index in [1.807, 2.05) is 24.3 Å². The average molecular weight is 304 g/mol. The fourth-order valence-corrected chi connectivity index (χ4v) is 2.89. The molecule has 1 aromatic heterocycles. The first-order valence-electron chi connectivity index (χ1n) is 6.69. The predicted octanol–water partition coefficient (Wildman–Crippen LogP) is 1.84. The molecule has 5 nitrogen and oxygen atoms in total. The van der Waals surface area contributed by atoms with Crippen molar-refractivity contribution in [3.8, 4) is 0 Å². The maximum absolute atomic E-state index is 12.6. The SMILES string of the molecule is NC(=O)C1CCN(C(=O)c2cnc(Cl)c3ccccc23)C1. The van der Waals surface area contributed by atoms with E-state index in [0.29, 0.717) is 30.2 Å². The number of fused-ring (bicyclic) bond motifs is 1. The van der Waals surface area contributed by atoms with Gasteiger partial charge in [0.25, 0.3) is 5.91 Å². The van der Waals surface area contributed by atoms with Gasteiger partial charge in [0.15, 0.2) is 0 Å². The molecule has 1 unspecified atom stereocenters. The molecular weight excluding hydrogens is 290 g/mol. The van der Waals surface area contributed by atoms with Crippen molar-refractivity contribution >= 4 is 34.2 Å². The zero-order valence-corrected chi connectivity index (χ0v) is 12.0. The monoisotopic (exact) mass is 303 g/mol. The summed E-state index contributed by atoms with van der Waals surface area (Å²) in [5, 5.41) is 1.89. The Morgan fingerprint density at radius 2 is 2.00 bits per heavy atom. The topological polar surface area (TPSA) is 76.3 Å². The van der Waals surface area contributed by atoms with Crippen molar-refractivity contribution in [2.45, 2.75) is 6.42 Å². The highest BCUT2D eigenvalue weighted by atomic mass is 35.5. The summed E-state index contributed by atoms with van der Waals surface area (Å²) < 4.78 is 0. The molecule has 6 heteroatoms. The fourth-order valence-electron chi connectivity index (χ4n) is 2.68. The number of amides is 2. The first-order chi connectivity index (χ1) is 10.1. The minimum Gasteiger partial charge on any atom is -0.369 e. The van der Waals surface area contributed by atoms with Crippen molar-refractivity contribution in [1.82, 2.24) is 9.88 Å². The van der Waals surface area contributed by atoms with Crippen LogP contribution in [0.15, 0.2) is 30.5 Å². The molecule has 1 saturated heterocycles. The van der Waals surface area contributed by atoms with E-state index in [2.05, 4.69) is 4.98 Å². The third-order valence-corrected chi connectivity index (χ3v) is 4.16. The Hall–Kier alpha value is -2.14. The zero-order chi connectivity index (χ0) is 15.0. The molecule has 2 aromatic rings. The number of primary amides is 1. The fraction of sp³-hybridized carbons (Fsp3) is 0.267. The van der Waals surface area contributed by atoms with E-state index in [4.69, 9.17) is 17.3 Å². The van der Waals surface area contributed by atoms with Gasteiger partial charge in [0.2, 0.25) is 5.91 Å². The van der Waals surface area contributed by atoms with Crippen LogP contribution in [0.2, 0.25) is 5.15 Å². The number of rotatable bonds is 2. The number of hydrogen-bond acceptors (Lipinski definition) is 3. The molecule has 0 bridgehead atoms. The van der Waals surface area contributed by atoms with E-state index in [1.54, 1.807) is 4.90 Å². The third-order valence-electron chi connectivity index (χ3n) is 3.85. The summed E-state index contributed by atoms with van der Waals surface area (Å²) in [5.74, 6) is -0.760. The van der Waals surface area contributed by atoms with E-state index in [9.17, 15) is 9.59 Å². The Kier molecular flexibility index (Phi) is 3.51. The predicted molar refractivity (Wildman–Crippen MR) is 80.0 cm³/mol. The van der Waals surface area contributed by atoms with Gasteiger partial charge in [-0.25, -0.2) is 4.98 Å². The molecular formula is C15H14ClN3O2. The third kappa shape index (κ3) is 2.45. The van der Waals surface area contributed by atoms with Crippen molar-refractivity contribution in [1.29, 1.82) is 0 Å². The standard InChI is InChI=1S/C15H14ClN3O2/c16-13-11-4-2-1-3-10(11)12(7-18-13)15(21)19-6-5-9(8-19)14(17)20/h1-4,7,9H,5-6,8H2,(H2,17,20). The van der Waals surface area contributed by atoms with Crippen LogP contribution in [-0.4, -0.2) is 34.8 Å². The van der Waals surface area contributed by atoms with Crippen LogP contribution < -0.4 is 5.73 Å². The Balaban J connectivity index is 1.96. The highest BCUT2D eigenvalue weighted by Crippen LogP contribution is 2.26. The minimum atomic E-state index is -0.357. The lowest BCUT2D eigenvalue weighted by molar-refractivity contribution is -0.121. The number of nitrogens with two attached hydrogens (primary N) is 1. The second-order valence-corrected chi connectivity index (χ2v) is 5.51. The van der Waals surface area contributed by atoms with Crippen LogP contribution in [0.5, 0.6) is 0 Å². The lowest BCUT2D eigenvalue weighted by Crippen LogP contribution is -2.31. The van der Waals surface area contributed by atoms with Crippen LogP contribution in [0.3, 0.4) is 0 Å². The van der Waals surface area contributed by atoms with Gasteiger partial charge in [-0.05, 0) is 11.8 Å². The molecule has 1 aromatic carbocycles. The Morgan fingerprint density at radius 3 is 2.67 bits per heavy atom. The average Bonchev–Trinajstić information content (AvgIpc) is 2.97. The highest BCUT2D eigenvalue weighted by Gasteiger charge is 2.31. The summed E-state index contributed by atoms with van der Waals surface area (Å²) in [4.78, 5) is 29.6. The van der Waals surface area contributed by atoms with Gasteiger partial charge in [0.05, 0.1) is 11.5 Å². The van der Waals surface area contributed by atoms with Gasteiger partial charge >= 0.3 is 0 Å². The molecule has 21 heavy (non-hydrogen) atoms. The number of carbonyl (C=O) groups excluding carboxylic acids is 2. The molecule has 0 spiro atoms. The normalized spacial score (nSPS) is 18.1. The molecule has 2 heterocycles. The maximum Gasteiger partial charge on any atom is 0.256 e. The van der Waals surface area contributed by atoms with Crippen LogP contribution in [-0.2, 0) is 4.79 Å². The Labute approximate surface area is 126 Å². The van der Waals surface area contributed by atoms with Crippen molar-refractivity contribution in [2.75, 3.05) is 13.1 Å². The second-order valence-electron chi connectivity index (χ2n) is 5.15. The number of likely N-dealkylation sites (tertiary alicyclic amines) is 1. The van der Waals surface area contributed by atoms with Gasteiger partial charge in [-0.2, -0.15) is 0 Å². The van der Waals surface area contributed by atoms with Gasteiger partial charge in [-0.3, -0.25) is 9.59 Å². The summed E-state index contributed by atoms with van der Waals surface area (Å²) in [6.45, 7) is 0.897. The van der Waals surface area contributed by atoms with Gasteiger partial charge in [-0.15, -0.1) is 0 Å². The summed E-state index contributed by atoms with van der Waals surface area (Å²) in [6.07, 6.45) is 2.10. The van der Waals surface area contributed by atoms with Crippen molar-refractivity contribution in [3.63, 3.8) is 0 Å². The Bertz CT molecular complexity index is 732. The number of benzene rings is 1. The van der Waals surface area contributed by atoms with Crippen LogP contribution >= 0.6 is 11.6 Å². The van der Waals surface area contributed by atoms with Gasteiger partial charge < -0.3 is 10.6 Å². The van der Waals surface area contributed by atoms with Crippen LogP contribution in [0, 0.1) is 5.92 Å².